The van der Waals surface area contributed by atoms with Crippen LogP contribution in [0, 0.1) is 0 Å². The average molecular weight is 777 g/mol. The van der Waals surface area contributed by atoms with E-state index in [1.807, 2.05) is 0 Å². The molecule has 0 spiro atoms. The van der Waals surface area contributed by atoms with Gasteiger partial charge in [0.15, 0.2) is 0 Å². The number of rotatable bonds is 4. The van der Waals surface area contributed by atoms with Gasteiger partial charge in [0.1, 0.15) is 0 Å². The van der Waals surface area contributed by atoms with E-state index in [2.05, 4.69) is 235 Å². The minimum absolute atomic E-state index is 0.123. The van der Waals surface area contributed by atoms with Gasteiger partial charge < -0.3 is 9.80 Å². The minimum Gasteiger partial charge on any atom is -0.334 e. The van der Waals surface area contributed by atoms with Crippen molar-refractivity contribution < 1.29 is 0 Å². The fourth-order valence-corrected chi connectivity index (χ4v) is 10.8. The first-order valence-electron chi connectivity index (χ1n) is 21.6. The number of fused-ring (bicyclic) bond motifs is 6. The molecule has 0 aliphatic carbocycles. The van der Waals surface area contributed by atoms with Crippen LogP contribution in [-0.4, -0.2) is 11.1 Å². The molecule has 294 valence electrons. The summed E-state index contributed by atoms with van der Waals surface area (Å²) in [7, 11) is 0. The highest BCUT2D eigenvalue weighted by molar-refractivity contribution is 6.23. The van der Waals surface area contributed by atoms with Crippen molar-refractivity contribution in [3.05, 3.63) is 181 Å². The lowest BCUT2D eigenvalue weighted by atomic mass is 9.72. The van der Waals surface area contributed by atoms with Gasteiger partial charge in [0.25, 0.3) is 0 Å². The maximum atomic E-state index is 2.70. The van der Waals surface area contributed by atoms with Crippen molar-refractivity contribution in [2.45, 2.75) is 77.3 Å². The van der Waals surface area contributed by atoms with Crippen LogP contribution in [-0.2, 0) is 10.8 Å². The Kier molecular flexibility index (Phi) is 7.68. The van der Waals surface area contributed by atoms with Gasteiger partial charge >= 0.3 is 0 Å². The van der Waals surface area contributed by atoms with Crippen molar-refractivity contribution in [3.63, 3.8) is 0 Å². The Hall–Kier alpha value is -6.38. The van der Waals surface area contributed by atoms with Crippen LogP contribution < -0.4 is 9.80 Å². The number of benzene rings is 9. The van der Waals surface area contributed by atoms with Gasteiger partial charge in [-0.15, -0.1) is 0 Å². The van der Waals surface area contributed by atoms with Gasteiger partial charge in [-0.3, -0.25) is 0 Å². The molecule has 0 aromatic heterocycles. The highest BCUT2D eigenvalue weighted by Crippen LogP contribution is 2.61. The normalized spacial score (nSPS) is 17.1. The van der Waals surface area contributed by atoms with Crippen LogP contribution in [0.3, 0.4) is 0 Å². The van der Waals surface area contributed by atoms with Crippen molar-refractivity contribution in [1.29, 1.82) is 0 Å². The van der Waals surface area contributed by atoms with Gasteiger partial charge in [0.05, 0.1) is 11.4 Å². The summed E-state index contributed by atoms with van der Waals surface area (Å²) in [5.74, 6) is 0. The van der Waals surface area contributed by atoms with Gasteiger partial charge in [-0.2, -0.15) is 0 Å². The molecule has 0 unspecified atom stereocenters. The van der Waals surface area contributed by atoms with Crippen molar-refractivity contribution in [2.24, 2.45) is 0 Å². The number of anilines is 4. The molecule has 60 heavy (non-hydrogen) atoms. The lowest BCUT2D eigenvalue weighted by molar-refractivity contribution is 0.330. The molecule has 0 saturated heterocycles. The quantitative estimate of drug-likeness (QED) is 0.164. The molecule has 11 rings (SSSR count). The average Bonchev–Trinajstić information content (AvgIpc) is 3.52. The fraction of sp³-hybridized carbons (Fsp3) is 0.207. The van der Waals surface area contributed by atoms with E-state index in [1.54, 1.807) is 0 Å². The maximum absolute atomic E-state index is 2.70. The predicted octanol–water partition coefficient (Wildman–Crippen LogP) is 16.0. The Morgan fingerprint density at radius 3 is 1.05 bits per heavy atom. The zero-order valence-electron chi connectivity index (χ0n) is 36.1. The summed E-state index contributed by atoms with van der Waals surface area (Å²) in [5, 5.41) is 10.1. The summed E-state index contributed by atoms with van der Waals surface area (Å²) < 4.78 is 0. The Morgan fingerprint density at radius 2 is 0.633 bits per heavy atom. The number of hydrogen-bond acceptors (Lipinski definition) is 2. The van der Waals surface area contributed by atoms with Crippen molar-refractivity contribution in [2.75, 3.05) is 9.80 Å². The lowest BCUT2D eigenvalue weighted by Crippen LogP contribution is -2.49. The zero-order valence-corrected chi connectivity index (χ0v) is 36.1. The highest BCUT2D eigenvalue weighted by Gasteiger charge is 2.54. The van der Waals surface area contributed by atoms with E-state index in [0.717, 1.165) is 0 Å². The van der Waals surface area contributed by atoms with Crippen molar-refractivity contribution in [1.82, 2.24) is 0 Å². The number of nitrogens with zero attached hydrogens (tertiary/aromatic N) is 2. The van der Waals surface area contributed by atoms with Crippen LogP contribution in [0.5, 0.6) is 0 Å². The van der Waals surface area contributed by atoms with Crippen LogP contribution in [0.2, 0.25) is 0 Å². The standard InChI is InChI=1S/C58H52N2/c1-55(2)49-21-13-15-23-51(49)59(57(55,5)6)53-45-31-29-44(42-28-26-38-18-10-12-20-40(38)34-42)36-48(45)54(60-52-24-16-14-22-50(52)56(3,4)58(60,7)8)46-32-30-43(35-47(46)53)41-27-25-37-17-9-11-19-39(37)33-41/h9-36H,1-8H3. The Balaban J connectivity index is 1.30. The van der Waals surface area contributed by atoms with E-state index < -0.39 is 0 Å². The topological polar surface area (TPSA) is 6.48 Å². The first-order chi connectivity index (χ1) is 28.8. The fourth-order valence-electron chi connectivity index (χ4n) is 10.8. The third kappa shape index (κ3) is 4.94. The van der Waals surface area contributed by atoms with E-state index >= 15 is 0 Å². The molecule has 0 radical (unpaired) electrons. The molecule has 0 atom stereocenters. The summed E-state index contributed by atoms with van der Waals surface area (Å²) in [5.41, 5.74) is 12.0. The molecule has 0 fully saturated rings. The van der Waals surface area contributed by atoms with E-state index in [4.69, 9.17) is 0 Å². The first kappa shape index (κ1) is 36.7. The molecular formula is C58H52N2. The summed E-state index contributed by atoms with van der Waals surface area (Å²) in [6.45, 7) is 19.5. The largest absolute Gasteiger partial charge is 0.334 e. The Morgan fingerprint density at radius 1 is 0.300 bits per heavy atom. The second-order valence-electron chi connectivity index (χ2n) is 19.4. The third-order valence-electron chi connectivity index (χ3n) is 15.5. The second-order valence-corrected chi connectivity index (χ2v) is 19.4. The van der Waals surface area contributed by atoms with Crippen molar-refractivity contribution in [3.8, 4) is 22.3 Å². The Bertz CT molecular complexity index is 3020. The summed E-state index contributed by atoms with van der Waals surface area (Å²) in [4.78, 5) is 5.40. The number of hydrogen-bond donors (Lipinski definition) is 0. The minimum atomic E-state index is -0.254. The van der Waals surface area contributed by atoms with Crippen LogP contribution in [0.1, 0.15) is 66.5 Å². The summed E-state index contributed by atoms with van der Waals surface area (Å²) >= 11 is 0. The highest BCUT2D eigenvalue weighted by atomic mass is 15.3. The van der Waals surface area contributed by atoms with Crippen LogP contribution in [0.15, 0.2) is 170 Å². The van der Waals surface area contributed by atoms with Gasteiger partial charge in [0.2, 0.25) is 0 Å². The first-order valence-corrected chi connectivity index (χ1v) is 21.6. The number of para-hydroxylation sites is 2. The summed E-state index contributed by atoms with van der Waals surface area (Å²) in [6, 6.07) is 64.1. The van der Waals surface area contributed by atoms with Gasteiger partial charge in [-0.05, 0) is 119 Å². The second kappa shape index (κ2) is 12.6. The molecule has 0 amide bonds. The van der Waals surface area contributed by atoms with Crippen molar-refractivity contribution >= 4 is 65.8 Å². The SMILES string of the molecule is CC1(C)c2ccccc2N(c2c3ccc(-c4ccc5ccccc5c4)cc3c(N3c4ccccc4C(C)(C)C3(C)C)c3ccc(-c4ccc5ccccc5c4)cc23)C1(C)C. The van der Waals surface area contributed by atoms with E-state index in [1.165, 1.54) is 99.2 Å². The molecule has 2 heterocycles. The van der Waals surface area contributed by atoms with E-state index in [-0.39, 0.29) is 21.9 Å². The maximum Gasteiger partial charge on any atom is 0.0577 e. The molecule has 2 aliphatic rings. The van der Waals surface area contributed by atoms with E-state index in [9.17, 15) is 0 Å². The zero-order chi connectivity index (χ0) is 41.3. The molecule has 9 aromatic rings. The molecule has 2 heteroatoms. The lowest BCUT2D eigenvalue weighted by Gasteiger charge is -2.45. The molecule has 2 nitrogen and oxygen atoms in total. The molecule has 9 aromatic carbocycles. The molecule has 0 saturated carbocycles. The molecule has 2 aliphatic heterocycles. The van der Waals surface area contributed by atoms with Gasteiger partial charge in [-0.25, -0.2) is 0 Å². The van der Waals surface area contributed by atoms with Crippen LogP contribution in [0.25, 0.3) is 65.3 Å². The van der Waals surface area contributed by atoms with Crippen LogP contribution >= 0.6 is 0 Å². The Labute approximate surface area is 354 Å². The third-order valence-corrected chi connectivity index (χ3v) is 15.5. The predicted molar refractivity (Wildman–Crippen MR) is 259 cm³/mol. The molecule has 0 N–H and O–H groups in total. The van der Waals surface area contributed by atoms with E-state index in [0.29, 0.717) is 0 Å². The summed E-state index contributed by atoms with van der Waals surface area (Å²) in [6.07, 6.45) is 0. The van der Waals surface area contributed by atoms with Gasteiger partial charge in [0, 0.05) is 54.8 Å². The smallest absolute Gasteiger partial charge is 0.0577 e. The molecular weight excluding hydrogens is 725 g/mol. The van der Waals surface area contributed by atoms with Gasteiger partial charge in [-0.1, -0.05) is 161 Å². The molecule has 0 bridgehead atoms. The monoisotopic (exact) mass is 776 g/mol. The van der Waals surface area contributed by atoms with Crippen LogP contribution in [0.4, 0.5) is 22.7 Å².